The molecule has 4 rings (SSSR count). The number of carbonyl (C=O) groups excluding carboxylic acids is 1. The summed E-state index contributed by atoms with van der Waals surface area (Å²) in [4.78, 5) is 19.5. The zero-order valence-corrected chi connectivity index (χ0v) is 20.8. The van der Waals surface area contributed by atoms with E-state index in [4.69, 9.17) is 21.7 Å². The summed E-state index contributed by atoms with van der Waals surface area (Å²) in [7, 11) is 1.60. The smallest absolute Gasteiger partial charge is 0.429 e. The molecule has 1 saturated heterocycles. The first-order chi connectivity index (χ1) is 17.7. The van der Waals surface area contributed by atoms with E-state index in [0.29, 0.717) is 23.4 Å². The van der Waals surface area contributed by atoms with Crippen LogP contribution in [0.15, 0.2) is 77.8 Å². The third-order valence-corrected chi connectivity index (χ3v) is 6.59. The van der Waals surface area contributed by atoms with E-state index in [9.17, 15) is 18.0 Å². The zero-order valence-electron chi connectivity index (χ0n) is 20.1. The Morgan fingerprint density at radius 1 is 1.05 bits per heavy atom. The molecule has 192 valence electrons. The summed E-state index contributed by atoms with van der Waals surface area (Å²) >= 11 is 6.17. The third-order valence-electron chi connectivity index (χ3n) is 6.27. The van der Waals surface area contributed by atoms with Crippen LogP contribution in [0.2, 0.25) is 5.02 Å². The van der Waals surface area contributed by atoms with E-state index in [2.05, 4.69) is 4.99 Å². The van der Waals surface area contributed by atoms with E-state index < -0.39 is 18.3 Å². The molecule has 3 aromatic rings. The van der Waals surface area contributed by atoms with E-state index in [1.165, 1.54) is 0 Å². The third kappa shape index (κ3) is 6.02. The van der Waals surface area contributed by atoms with Crippen LogP contribution in [0.3, 0.4) is 0 Å². The number of halogens is 4. The number of nitrogens with one attached hydrogen (secondary N) is 1. The normalized spacial score (nSPS) is 16.1. The zero-order chi connectivity index (χ0) is 26.6. The molecule has 0 aliphatic carbocycles. The molecule has 1 aliphatic rings. The summed E-state index contributed by atoms with van der Waals surface area (Å²) in [5.74, 6) is 0.544. The molecule has 1 atom stereocenters. The molecule has 1 amide bonds. The first kappa shape index (κ1) is 26.4. The van der Waals surface area contributed by atoms with Gasteiger partial charge in [-0.15, -0.1) is 0 Å². The van der Waals surface area contributed by atoms with Crippen molar-refractivity contribution in [3.8, 4) is 5.75 Å². The Labute approximate surface area is 218 Å². The molecule has 1 heterocycles. The van der Waals surface area contributed by atoms with Crippen molar-refractivity contribution in [2.45, 2.75) is 31.5 Å². The number of rotatable bonds is 7. The fourth-order valence-corrected chi connectivity index (χ4v) is 4.59. The van der Waals surface area contributed by atoms with Gasteiger partial charge < -0.3 is 15.0 Å². The highest BCUT2D eigenvalue weighted by Crippen LogP contribution is 2.37. The maximum absolute atomic E-state index is 13.4. The lowest BCUT2D eigenvalue weighted by molar-refractivity contribution is -0.0605. The number of ether oxygens (including phenoxy) is 1. The molecular weight excluding hydrogens is 503 g/mol. The highest BCUT2D eigenvalue weighted by molar-refractivity contribution is 6.33. The van der Waals surface area contributed by atoms with Crippen molar-refractivity contribution >= 4 is 34.6 Å². The van der Waals surface area contributed by atoms with E-state index in [0.717, 1.165) is 24.2 Å². The van der Waals surface area contributed by atoms with Crippen LogP contribution >= 0.6 is 11.6 Å². The van der Waals surface area contributed by atoms with Gasteiger partial charge in [0.15, 0.2) is 0 Å². The Morgan fingerprint density at radius 2 is 1.70 bits per heavy atom. The Kier molecular flexibility index (Phi) is 7.97. The van der Waals surface area contributed by atoms with E-state index >= 15 is 0 Å². The molecule has 9 heteroatoms. The molecule has 5 nitrogen and oxygen atoms in total. The van der Waals surface area contributed by atoms with Gasteiger partial charge in [-0.2, -0.15) is 13.2 Å². The lowest BCUT2D eigenvalue weighted by atomic mass is 10.0. The summed E-state index contributed by atoms with van der Waals surface area (Å²) in [5.41, 5.74) is 0.623. The maximum Gasteiger partial charge on any atom is 0.429 e. The average Bonchev–Trinajstić information content (AvgIpc) is 3.38. The maximum atomic E-state index is 13.4. The van der Waals surface area contributed by atoms with Crippen LogP contribution < -0.4 is 4.74 Å². The fraction of sp³-hybridized carbons (Fsp3) is 0.250. The molecule has 0 saturated carbocycles. The number of aliphatic imine (C=N–C) groups is 1. The topological polar surface area (TPSA) is 65.8 Å². The second kappa shape index (κ2) is 11.2. The number of benzene rings is 3. The number of likely N-dealkylation sites (tertiary alicyclic amines) is 1. The number of hydrogen-bond donors (Lipinski definition) is 1. The van der Waals surface area contributed by atoms with Crippen LogP contribution in [0.1, 0.15) is 46.8 Å². The summed E-state index contributed by atoms with van der Waals surface area (Å²) < 4.78 is 44.9. The van der Waals surface area contributed by atoms with Crippen LogP contribution in [-0.4, -0.2) is 42.1 Å². The average molecular weight is 528 g/mol. The number of nitrogens with zero attached hydrogens (tertiary/aromatic N) is 2. The highest BCUT2D eigenvalue weighted by atomic mass is 35.5. The second-order valence-electron chi connectivity index (χ2n) is 8.64. The standard InChI is InChI=1S/C28H25ClF3N3O2/c1-37-25-11-5-2-7-20(25)24-10-6-16-35(24)27(36)19-14-12-18(13-15-19)23(17-26(33)28(30,31)32)34-22-9-4-3-8-21(22)29/h2-5,7-9,11-15,24,33H,6,10,16-17H2,1H3. The summed E-state index contributed by atoms with van der Waals surface area (Å²) in [6.07, 6.45) is -3.86. The molecule has 0 bridgehead atoms. The number of para-hydroxylation sites is 2. The van der Waals surface area contributed by atoms with Crippen LogP contribution in [0.25, 0.3) is 0 Å². The predicted octanol–water partition coefficient (Wildman–Crippen LogP) is 7.42. The summed E-state index contributed by atoms with van der Waals surface area (Å²) in [6, 6.07) is 20.3. The molecule has 1 unspecified atom stereocenters. The minimum absolute atomic E-state index is 0.0301. The second-order valence-corrected chi connectivity index (χ2v) is 9.05. The number of alkyl halides is 3. The molecular formula is C28H25ClF3N3O2. The first-order valence-corrected chi connectivity index (χ1v) is 12.1. The summed E-state index contributed by atoms with van der Waals surface area (Å²) in [5, 5.41) is 7.77. The lowest BCUT2D eigenvalue weighted by Gasteiger charge is -2.26. The van der Waals surface area contributed by atoms with Gasteiger partial charge in [-0.05, 0) is 48.7 Å². The monoisotopic (exact) mass is 527 g/mol. The van der Waals surface area contributed by atoms with Gasteiger partial charge in [0, 0.05) is 24.1 Å². The van der Waals surface area contributed by atoms with Crippen molar-refractivity contribution in [1.29, 1.82) is 5.41 Å². The molecule has 0 spiro atoms. The van der Waals surface area contributed by atoms with E-state index in [1.54, 1.807) is 60.5 Å². The minimum Gasteiger partial charge on any atom is -0.496 e. The SMILES string of the molecule is COc1ccccc1C1CCCN1C(=O)c1ccc(C(CC(=N)C(F)(F)F)=Nc2ccccc2Cl)cc1. The number of hydrogen-bond acceptors (Lipinski definition) is 4. The van der Waals surface area contributed by atoms with Gasteiger partial charge in [0.05, 0.1) is 29.6 Å². The van der Waals surface area contributed by atoms with Crippen molar-refractivity contribution < 1.29 is 22.7 Å². The molecule has 1 aliphatic heterocycles. The Hall–Kier alpha value is -3.65. The largest absolute Gasteiger partial charge is 0.496 e. The molecule has 0 aromatic heterocycles. The van der Waals surface area contributed by atoms with Gasteiger partial charge in [0.2, 0.25) is 0 Å². The van der Waals surface area contributed by atoms with E-state index in [1.807, 2.05) is 24.3 Å². The van der Waals surface area contributed by atoms with Gasteiger partial charge in [-0.1, -0.05) is 54.1 Å². The van der Waals surface area contributed by atoms with Gasteiger partial charge in [0.1, 0.15) is 11.5 Å². The van der Waals surface area contributed by atoms with E-state index in [-0.39, 0.29) is 22.7 Å². The number of amides is 1. The van der Waals surface area contributed by atoms with Crippen molar-refractivity contribution in [3.63, 3.8) is 0 Å². The van der Waals surface area contributed by atoms with Crippen LogP contribution in [0.4, 0.5) is 18.9 Å². The lowest BCUT2D eigenvalue weighted by Crippen LogP contribution is -2.30. The highest BCUT2D eigenvalue weighted by Gasteiger charge is 2.35. The van der Waals surface area contributed by atoms with Gasteiger partial charge in [0.25, 0.3) is 5.91 Å². The number of carbonyl (C=O) groups is 1. The Morgan fingerprint density at radius 3 is 2.38 bits per heavy atom. The van der Waals surface area contributed by atoms with Crippen molar-refractivity contribution in [3.05, 3.63) is 94.5 Å². The molecule has 3 aromatic carbocycles. The van der Waals surface area contributed by atoms with Crippen LogP contribution in [0.5, 0.6) is 5.75 Å². The van der Waals surface area contributed by atoms with Crippen molar-refractivity contribution in [2.75, 3.05) is 13.7 Å². The van der Waals surface area contributed by atoms with Gasteiger partial charge in [-0.3, -0.25) is 9.79 Å². The predicted molar refractivity (Wildman–Crippen MR) is 138 cm³/mol. The Balaban J connectivity index is 1.62. The summed E-state index contributed by atoms with van der Waals surface area (Å²) in [6.45, 7) is 0.589. The van der Waals surface area contributed by atoms with Gasteiger partial charge >= 0.3 is 6.18 Å². The van der Waals surface area contributed by atoms with Crippen LogP contribution in [0, 0.1) is 5.41 Å². The minimum atomic E-state index is -4.78. The van der Waals surface area contributed by atoms with Crippen LogP contribution in [-0.2, 0) is 0 Å². The van der Waals surface area contributed by atoms with Crippen molar-refractivity contribution in [1.82, 2.24) is 4.90 Å². The van der Waals surface area contributed by atoms with Gasteiger partial charge in [-0.25, -0.2) is 0 Å². The van der Waals surface area contributed by atoms with Crippen molar-refractivity contribution in [2.24, 2.45) is 4.99 Å². The molecule has 1 N–H and O–H groups in total. The molecule has 0 radical (unpaired) electrons. The number of methoxy groups -OCH3 is 1. The first-order valence-electron chi connectivity index (χ1n) is 11.7. The molecule has 37 heavy (non-hydrogen) atoms. The molecule has 1 fully saturated rings. The fourth-order valence-electron chi connectivity index (χ4n) is 4.41. The Bertz CT molecular complexity index is 1320. The quantitative estimate of drug-likeness (QED) is 0.325.